The number of benzene rings is 2. The van der Waals surface area contributed by atoms with Gasteiger partial charge in [0.2, 0.25) is 0 Å². The van der Waals surface area contributed by atoms with Crippen molar-refractivity contribution in [2.24, 2.45) is 0 Å². The van der Waals surface area contributed by atoms with Gasteiger partial charge in [-0.2, -0.15) is 8.78 Å². The number of nitrogens with zero attached hydrogens (tertiary/aromatic N) is 1. The first-order chi connectivity index (χ1) is 15.8. The summed E-state index contributed by atoms with van der Waals surface area (Å²) >= 11 is 1.54. The number of rotatable bonds is 11. The van der Waals surface area contributed by atoms with Crippen LogP contribution >= 0.6 is 11.9 Å². The number of aliphatic carboxylic acids is 1. The Hall–Kier alpha value is -3.14. The van der Waals surface area contributed by atoms with Crippen LogP contribution in [0.15, 0.2) is 36.4 Å². The van der Waals surface area contributed by atoms with E-state index in [2.05, 4.69) is 9.71 Å². The van der Waals surface area contributed by atoms with E-state index in [0.29, 0.717) is 17.7 Å². The summed E-state index contributed by atoms with van der Waals surface area (Å²) in [5, 5.41) is 8.83. The first kappa shape index (κ1) is 24.5. The van der Waals surface area contributed by atoms with Gasteiger partial charge in [0.1, 0.15) is 22.8 Å². The monoisotopic (exact) mass is 480 g/mol. The Labute approximate surface area is 193 Å². The molecular weight excluding hydrogens is 457 g/mol. The highest BCUT2D eigenvalue weighted by atomic mass is 32.2. The fourth-order valence-corrected chi connectivity index (χ4v) is 3.81. The maximum atomic E-state index is 14.6. The van der Waals surface area contributed by atoms with Gasteiger partial charge in [-0.3, -0.25) is 0 Å². The molecule has 0 saturated carbocycles. The second-order valence-corrected chi connectivity index (χ2v) is 8.03. The molecular formula is C23H23F3N2O4S. The predicted molar refractivity (Wildman–Crippen MR) is 122 cm³/mol. The molecule has 0 radical (unpaired) electrons. The van der Waals surface area contributed by atoms with Gasteiger partial charge in [0, 0.05) is 29.1 Å². The van der Waals surface area contributed by atoms with Crippen molar-refractivity contribution in [1.29, 1.82) is 0 Å². The van der Waals surface area contributed by atoms with Crippen LogP contribution in [0.25, 0.3) is 10.9 Å². The standard InChI is InChI=1S/C23H23F3N2O4S/c1-3-17-15(11-13-5-7-14(8-6-13)28-33-4-2)22(32-23(25)26)20-18(31-12-19(29)30)10-9-16(24)21(20)27-17/h5-10,23,28H,3-4,11-12H2,1-2H3,(H,29,30). The van der Waals surface area contributed by atoms with Crippen molar-refractivity contribution in [2.45, 2.75) is 33.3 Å². The van der Waals surface area contributed by atoms with Crippen LogP contribution < -0.4 is 14.2 Å². The Morgan fingerprint density at radius 1 is 1.18 bits per heavy atom. The predicted octanol–water partition coefficient (Wildman–Crippen LogP) is 5.67. The van der Waals surface area contributed by atoms with Crippen LogP contribution in [0.4, 0.5) is 18.9 Å². The Morgan fingerprint density at radius 3 is 2.52 bits per heavy atom. The van der Waals surface area contributed by atoms with Crippen molar-refractivity contribution in [2.75, 3.05) is 17.1 Å². The molecule has 0 atom stereocenters. The molecule has 0 saturated heterocycles. The number of aryl methyl sites for hydroxylation is 1. The number of carbonyl (C=O) groups is 1. The SMILES string of the molecule is CCSNc1ccc(Cc2c(CC)nc3c(F)ccc(OCC(=O)O)c3c2OC(F)F)cc1. The molecule has 1 heterocycles. The molecule has 0 unspecified atom stereocenters. The number of nitrogens with one attached hydrogen (secondary N) is 1. The number of halogens is 3. The van der Waals surface area contributed by atoms with Gasteiger partial charge in [0.25, 0.3) is 0 Å². The van der Waals surface area contributed by atoms with Crippen molar-refractivity contribution < 1.29 is 32.5 Å². The summed E-state index contributed by atoms with van der Waals surface area (Å²) in [5.41, 5.74) is 2.25. The number of aromatic nitrogens is 1. The zero-order valence-electron chi connectivity index (χ0n) is 18.0. The smallest absolute Gasteiger partial charge is 0.387 e. The lowest BCUT2D eigenvalue weighted by molar-refractivity contribution is -0.139. The Bertz CT molecular complexity index is 1130. The van der Waals surface area contributed by atoms with Gasteiger partial charge in [-0.1, -0.05) is 37.9 Å². The van der Waals surface area contributed by atoms with Gasteiger partial charge in [-0.25, -0.2) is 14.2 Å². The van der Waals surface area contributed by atoms with E-state index in [1.54, 1.807) is 18.9 Å². The molecule has 0 aliphatic carbocycles. The topological polar surface area (TPSA) is 80.7 Å². The molecule has 0 bridgehead atoms. The summed E-state index contributed by atoms with van der Waals surface area (Å²) in [6.07, 6.45) is 0.543. The molecule has 176 valence electrons. The molecule has 3 rings (SSSR count). The number of alkyl halides is 2. The van der Waals surface area contributed by atoms with Crippen LogP contribution in [0.1, 0.15) is 30.7 Å². The number of fused-ring (bicyclic) bond motifs is 1. The lowest BCUT2D eigenvalue weighted by Crippen LogP contribution is -2.13. The second kappa shape index (κ2) is 11.1. The minimum absolute atomic E-state index is 0.100. The summed E-state index contributed by atoms with van der Waals surface area (Å²) in [5.74, 6) is -1.50. The van der Waals surface area contributed by atoms with E-state index in [1.807, 2.05) is 31.2 Å². The number of pyridine rings is 1. The van der Waals surface area contributed by atoms with Crippen LogP contribution in [-0.4, -0.2) is 35.0 Å². The molecule has 1 aromatic heterocycles. The van der Waals surface area contributed by atoms with E-state index in [4.69, 9.17) is 14.6 Å². The lowest BCUT2D eigenvalue weighted by atomic mass is 9.98. The first-order valence-corrected chi connectivity index (χ1v) is 11.2. The second-order valence-electron chi connectivity index (χ2n) is 6.96. The lowest BCUT2D eigenvalue weighted by Gasteiger charge is -2.19. The van der Waals surface area contributed by atoms with Crippen LogP contribution in [0.5, 0.6) is 11.5 Å². The van der Waals surface area contributed by atoms with E-state index in [0.717, 1.165) is 23.1 Å². The normalized spacial score (nSPS) is 11.1. The molecule has 2 aromatic carbocycles. The highest BCUT2D eigenvalue weighted by Gasteiger charge is 2.24. The molecule has 0 aliphatic rings. The molecule has 0 fully saturated rings. The van der Waals surface area contributed by atoms with Crippen LogP contribution in [0, 0.1) is 5.82 Å². The van der Waals surface area contributed by atoms with E-state index in [9.17, 15) is 18.0 Å². The molecule has 0 spiro atoms. The molecule has 10 heteroatoms. The van der Waals surface area contributed by atoms with Crippen molar-refractivity contribution >= 4 is 34.5 Å². The highest BCUT2D eigenvalue weighted by molar-refractivity contribution is 8.00. The van der Waals surface area contributed by atoms with Crippen molar-refractivity contribution in [1.82, 2.24) is 4.98 Å². The van der Waals surface area contributed by atoms with Crippen molar-refractivity contribution in [3.63, 3.8) is 0 Å². The molecule has 33 heavy (non-hydrogen) atoms. The molecule has 2 N–H and O–H groups in total. The third kappa shape index (κ3) is 6.01. The van der Waals surface area contributed by atoms with E-state index < -0.39 is 25.0 Å². The molecule has 0 amide bonds. The van der Waals surface area contributed by atoms with E-state index in [1.165, 1.54) is 6.07 Å². The van der Waals surface area contributed by atoms with Crippen molar-refractivity contribution in [3.05, 3.63) is 59.0 Å². The third-order valence-corrected chi connectivity index (χ3v) is 5.42. The maximum Gasteiger partial charge on any atom is 0.387 e. The largest absolute Gasteiger partial charge is 0.481 e. The summed E-state index contributed by atoms with van der Waals surface area (Å²) in [6, 6.07) is 9.67. The summed E-state index contributed by atoms with van der Waals surface area (Å²) < 4.78 is 54.8. The van der Waals surface area contributed by atoms with Crippen molar-refractivity contribution in [3.8, 4) is 11.5 Å². The fraction of sp³-hybridized carbons (Fsp3) is 0.304. The van der Waals surface area contributed by atoms with Crippen LogP contribution in [0.2, 0.25) is 0 Å². The third-order valence-electron chi connectivity index (χ3n) is 4.75. The average molecular weight is 481 g/mol. The first-order valence-electron chi connectivity index (χ1n) is 10.2. The summed E-state index contributed by atoms with van der Waals surface area (Å²) in [4.78, 5) is 15.3. The maximum absolute atomic E-state index is 14.6. The van der Waals surface area contributed by atoms with E-state index >= 15 is 0 Å². The Morgan fingerprint density at radius 2 is 1.91 bits per heavy atom. The van der Waals surface area contributed by atoms with Gasteiger partial charge in [-0.15, -0.1) is 0 Å². The summed E-state index contributed by atoms with van der Waals surface area (Å²) in [7, 11) is 0. The number of hydrogen-bond donors (Lipinski definition) is 2. The number of anilines is 1. The van der Waals surface area contributed by atoms with Crippen LogP contribution in [-0.2, 0) is 17.6 Å². The minimum atomic E-state index is -3.19. The van der Waals surface area contributed by atoms with Crippen LogP contribution in [0.3, 0.4) is 0 Å². The van der Waals surface area contributed by atoms with Gasteiger partial charge in [-0.05, 0) is 36.2 Å². The molecule has 3 aromatic rings. The fourth-order valence-electron chi connectivity index (χ4n) is 3.36. The van der Waals surface area contributed by atoms with Gasteiger partial charge in [0.15, 0.2) is 6.61 Å². The Balaban J connectivity index is 2.15. The number of carboxylic acids is 1. The average Bonchev–Trinajstić information content (AvgIpc) is 2.79. The van der Waals surface area contributed by atoms with E-state index in [-0.39, 0.29) is 28.8 Å². The Kier molecular flexibility index (Phi) is 8.26. The highest BCUT2D eigenvalue weighted by Crippen LogP contribution is 2.40. The minimum Gasteiger partial charge on any atom is -0.481 e. The zero-order chi connectivity index (χ0) is 24.0. The zero-order valence-corrected chi connectivity index (χ0v) is 18.8. The molecule has 0 aliphatic heterocycles. The van der Waals surface area contributed by atoms with Gasteiger partial charge >= 0.3 is 12.6 Å². The van der Waals surface area contributed by atoms with Gasteiger partial charge in [0.05, 0.1) is 5.39 Å². The summed E-state index contributed by atoms with van der Waals surface area (Å²) in [6.45, 7) is -0.120. The number of hydrogen-bond acceptors (Lipinski definition) is 6. The van der Waals surface area contributed by atoms with Gasteiger partial charge < -0.3 is 19.3 Å². The number of ether oxygens (including phenoxy) is 2. The molecule has 6 nitrogen and oxygen atoms in total. The quantitative estimate of drug-likeness (QED) is 0.342. The number of carboxylic acid groups (broad SMARTS) is 1.